The fraction of sp³-hybridized carbons (Fsp3) is 0.444. The number of ether oxygens (including phenoxy) is 1. The molecule has 188 valence electrons. The van der Waals surface area contributed by atoms with Gasteiger partial charge in [-0.1, -0.05) is 6.92 Å². The zero-order valence-electron chi connectivity index (χ0n) is 20.6. The number of anilines is 2. The van der Waals surface area contributed by atoms with Gasteiger partial charge in [-0.05, 0) is 87.2 Å². The van der Waals surface area contributed by atoms with Gasteiger partial charge in [0.15, 0.2) is 0 Å². The van der Waals surface area contributed by atoms with Crippen LogP contribution in [0.15, 0.2) is 48.5 Å². The van der Waals surface area contributed by atoms with Crippen molar-refractivity contribution in [1.29, 1.82) is 0 Å². The molecule has 1 aliphatic rings. The molecule has 3 N–H and O–H groups in total. The molecule has 3 amide bonds. The summed E-state index contributed by atoms with van der Waals surface area (Å²) in [5.41, 5.74) is 1.83. The summed E-state index contributed by atoms with van der Waals surface area (Å²) in [7, 11) is 0. The number of piperidine rings is 1. The summed E-state index contributed by atoms with van der Waals surface area (Å²) < 4.78 is 5.41. The van der Waals surface area contributed by atoms with E-state index in [2.05, 4.69) is 20.9 Å². The van der Waals surface area contributed by atoms with Crippen LogP contribution in [-0.4, -0.2) is 55.4 Å². The van der Waals surface area contributed by atoms with Crippen molar-refractivity contribution in [2.24, 2.45) is 5.92 Å². The van der Waals surface area contributed by atoms with Crippen LogP contribution in [-0.2, 0) is 9.59 Å². The normalized spacial score (nSPS) is 15.8. The van der Waals surface area contributed by atoms with Crippen LogP contribution in [0.25, 0.3) is 0 Å². The van der Waals surface area contributed by atoms with E-state index >= 15 is 0 Å². The Morgan fingerprint density at radius 3 is 2.31 bits per heavy atom. The number of hydrogen-bond donors (Lipinski definition) is 3. The largest absolute Gasteiger partial charge is 0.494 e. The molecule has 0 spiro atoms. The van der Waals surface area contributed by atoms with E-state index in [-0.39, 0.29) is 17.7 Å². The Morgan fingerprint density at radius 2 is 1.63 bits per heavy atom. The maximum absolute atomic E-state index is 12.6. The molecule has 1 aliphatic heterocycles. The second-order valence-electron chi connectivity index (χ2n) is 8.83. The molecule has 2 aromatic carbocycles. The highest BCUT2D eigenvalue weighted by atomic mass is 16.5. The van der Waals surface area contributed by atoms with E-state index in [1.165, 1.54) is 0 Å². The van der Waals surface area contributed by atoms with Crippen LogP contribution in [0.4, 0.5) is 11.4 Å². The Labute approximate surface area is 207 Å². The Bertz CT molecular complexity index is 976. The van der Waals surface area contributed by atoms with Gasteiger partial charge < -0.3 is 20.7 Å². The molecule has 1 atom stereocenters. The molecule has 0 aliphatic carbocycles. The highest BCUT2D eigenvalue weighted by molar-refractivity contribution is 6.04. The van der Waals surface area contributed by atoms with E-state index in [4.69, 9.17) is 4.74 Å². The summed E-state index contributed by atoms with van der Waals surface area (Å²) in [6.07, 6.45) is 3.47. The van der Waals surface area contributed by atoms with Crippen molar-refractivity contribution in [2.75, 3.05) is 43.4 Å². The van der Waals surface area contributed by atoms with E-state index in [1.807, 2.05) is 26.0 Å². The molecule has 1 heterocycles. The Balaban J connectivity index is 1.44. The number of likely N-dealkylation sites (tertiary alicyclic amines) is 1. The fourth-order valence-electron chi connectivity index (χ4n) is 4.15. The van der Waals surface area contributed by atoms with Gasteiger partial charge in [-0.15, -0.1) is 0 Å². The van der Waals surface area contributed by atoms with Crippen LogP contribution in [0, 0.1) is 5.92 Å². The van der Waals surface area contributed by atoms with Gasteiger partial charge in [0.1, 0.15) is 5.75 Å². The van der Waals surface area contributed by atoms with Crippen molar-refractivity contribution < 1.29 is 19.1 Å². The zero-order valence-corrected chi connectivity index (χ0v) is 20.6. The topological polar surface area (TPSA) is 99.8 Å². The maximum Gasteiger partial charge on any atom is 0.255 e. The minimum atomic E-state index is -0.225. The van der Waals surface area contributed by atoms with Gasteiger partial charge in [0.05, 0.1) is 13.2 Å². The first-order chi connectivity index (χ1) is 17.0. The molecular weight excluding hydrogens is 444 g/mol. The maximum atomic E-state index is 12.6. The number of carbonyl (C=O) groups is 3. The SMILES string of the molecule is CCCC(=O)NCC1CCCN(CC(=O)Nc2ccc(C(=O)Nc3ccc(OCC)cc3)cc2)C1. The summed E-state index contributed by atoms with van der Waals surface area (Å²) >= 11 is 0. The lowest BCUT2D eigenvalue weighted by atomic mass is 9.98. The van der Waals surface area contributed by atoms with Gasteiger partial charge in [0, 0.05) is 36.4 Å². The number of benzene rings is 2. The average molecular weight is 481 g/mol. The molecule has 8 heteroatoms. The van der Waals surface area contributed by atoms with Crippen molar-refractivity contribution in [1.82, 2.24) is 10.2 Å². The highest BCUT2D eigenvalue weighted by Gasteiger charge is 2.22. The number of amides is 3. The zero-order chi connectivity index (χ0) is 25.0. The minimum Gasteiger partial charge on any atom is -0.494 e. The predicted octanol–water partition coefficient (Wildman–Crippen LogP) is 3.90. The fourth-order valence-corrected chi connectivity index (χ4v) is 4.15. The van der Waals surface area contributed by atoms with Crippen molar-refractivity contribution in [3.05, 3.63) is 54.1 Å². The molecule has 0 bridgehead atoms. The van der Waals surface area contributed by atoms with E-state index in [9.17, 15) is 14.4 Å². The van der Waals surface area contributed by atoms with Crippen LogP contribution in [0.5, 0.6) is 5.75 Å². The third-order valence-corrected chi connectivity index (χ3v) is 5.89. The molecular formula is C27H36N4O4. The lowest BCUT2D eigenvalue weighted by Gasteiger charge is -2.32. The average Bonchev–Trinajstić information content (AvgIpc) is 2.85. The highest BCUT2D eigenvalue weighted by Crippen LogP contribution is 2.18. The molecule has 2 aromatic rings. The number of nitrogens with zero attached hydrogens (tertiary/aromatic N) is 1. The van der Waals surface area contributed by atoms with Crippen LogP contribution in [0.2, 0.25) is 0 Å². The number of rotatable bonds is 11. The predicted molar refractivity (Wildman–Crippen MR) is 138 cm³/mol. The summed E-state index contributed by atoms with van der Waals surface area (Å²) in [6, 6.07) is 14.0. The Morgan fingerprint density at radius 1 is 0.943 bits per heavy atom. The van der Waals surface area contributed by atoms with Crippen molar-refractivity contribution in [3.8, 4) is 5.75 Å². The Kier molecular flexibility index (Phi) is 10.1. The first-order valence-corrected chi connectivity index (χ1v) is 12.4. The van der Waals surface area contributed by atoms with E-state index in [0.717, 1.165) is 38.1 Å². The molecule has 0 radical (unpaired) electrons. The van der Waals surface area contributed by atoms with Gasteiger partial charge >= 0.3 is 0 Å². The number of nitrogens with one attached hydrogen (secondary N) is 3. The van der Waals surface area contributed by atoms with Crippen molar-refractivity contribution >= 4 is 29.1 Å². The first kappa shape index (κ1) is 26.2. The van der Waals surface area contributed by atoms with Crippen LogP contribution >= 0.6 is 0 Å². The molecule has 8 nitrogen and oxygen atoms in total. The second kappa shape index (κ2) is 13.5. The lowest BCUT2D eigenvalue weighted by molar-refractivity contribution is -0.121. The van der Waals surface area contributed by atoms with Gasteiger partial charge in [-0.25, -0.2) is 0 Å². The molecule has 1 fully saturated rings. The van der Waals surface area contributed by atoms with Crippen LogP contribution in [0.1, 0.15) is 49.9 Å². The van der Waals surface area contributed by atoms with Crippen molar-refractivity contribution in [3.63, 3.8) is 0 Å². The van der Waals surface area contributed by atoms with Gasteiger partial charge in [0.2, 0.25) is 11.8 Å². The Hall–Kier alpha value is -3.39. The third-order valence-electron chi connectivity index (χ3n) is 5.89. The molecule has 35 heavy (non-hydrogen) atoms. The van der Waals surface area contributed by atoms with E-state index < -0.39 is 0 Å². The lowest BCUT2D eigenvalue weighted by Crippen LogP contribution is -2.43. The van der Waals surface area contributed by atoms with Crippen LogP contribution in [0.3, 0.4) is 0 Å². The van der Waals surface area contributed by atoms with Gasteiger partial charge in [0.25, 0.3) is 5.91 Å². The van der Waals surface area contributed by atoms with Crippen LogP contribution < -0.4 is 20.7 Å². The quantitative estimate of drug-likeness (QED) is 0.453. The molecule has 1 saturated heterocycles. The molecule has 3 rings (SSSR count). The summed E-state index contributed by atoms with van der Waals surface area (Å²) in [5, 5.41) is 8.76. The van der Waals surface area contributed by atoms with E-state index in [0.29, 0.717) is 49.0 Å². The smallest absolute Gasteiger partial charge is 0.255 e. The standard InChI is InChI=1S/C27H36N4O4/c1-3-6-25(32)28-17-20-7-5-16-31(18-20)19-26(33)29-22-10-8-21(9-11-22)27(34)30-23-12-14-24(15-13-23)35-4-2/h8-15,20H,3-7,16-19H2,1-2H3,(H,28,32)(H,29,33)(H,30,34). The number of hydrogen-bond acceptors (Lipinski definition) is 5. The van der Waals surface area contributed by atoms with E-state index in [1.54, 1.807) is 36.4 Å². The summed E-state index contributed by atoms with van der Waals surface area (Å²) in [5.74, 6) is 0.901. The molecule has 0 aromatic heterocycles. The monoisotopic (exact) mass is 480 g/mol. The summed E-state index contributed by atoms with van der Waals surface area (Å²) in [6.45, 7) is 7.14. The minimum absolute atomic E-state index is 0.0905. The number of carbonyl (C=O) groups excluding carboxylic acids is 3. The van der Waals surface area contributed by atoms with Gasteiger partial charge in [-0.2, -0.15) is 0 Å². The summed E-state index contributed by atoms with van der Waals surface area (Å²) in [4.78, 5) is 38.9. The molecule has 1 unspecified atom stereocenters. The molecule has 0 saturated carbocycles. The second-order valence-corrected chi connectivity index (χ2v) is 8.83. The van der Waals surface area contributed by atoms with Crippen molar-refractivity contribution in [2.45, 2.75) is 39.5 Å². The third kappa shape index (κ3) is 8.72. The van der Waals surface area contributed by atoms with Gasteiger partial charge in [-0.3, -0.25) is 19.3 Å². The first-order valence-electron chi connectivity index (χ1n) is 12.4.